The monoisotopic (exact) mass is 509 g/mol. The van der Waals surface area contributed by atoms with Gasteiger partial charge in [-0.25, -0.2) is 17.8 Å². The van der Waals surface area contributed by atoms with Gasteiger partial charge in [-0.1, -0.05) is 6.07 Å². The van der Waals surface area contributed by atoms with Crippen molar-refractivity contribution in [1.29, 1.82) is 0 Å². The Balaban J connectivity index is 1.61. The largest absolute Gasteiger partial charge is 0.501 e. The molecule has 2 aliphatic heterocycles. The van der Waals surface area contributed by atoms with Crippen LogP contribution in [0.3, 0.4) is 0 Å². The summed E-state index contributed by atoms with van der Waals surface area (Å²) in [6.07, 6.45) is 0. The molecule has 0 saturated carbocycles. The maximum Gasteiger partial charge on any atom is 0.296 e. The van der Waals surface area contributed by atoms with Crippen LogP contribution in [0.4, 0.5) is 4.39 Å². The number of hydrogen-bond acceptors (Lipinski definition) is 8. The van der Waals surface area contributed by atoms with E-state index in [4.69, 9.17) is 4.74 Å². The number of benzene rings is 1. The fourth-order valence-corrected chi connectivity index (χ4v) is 5.82. The van der Waals surface area contributed by atoms with Gasteiger partial charge in [0.05, 0.1) is 18.0 Å². The lowest BCUT2D eigenvalue weighted by atomic mass is 10.1. The SMILES string of the molecule is CN1CCN(S(=O)(=O)c2cc(F)ccc2CNC(=O)c2nc3n(c(=O)c2O)CCOC3(C)C)CC1. The molecule has 3 heterocycles. The fraction of sp³-hybridized carbons (Fsp3) is 0.500. The van der Waals surface area contributed by atoms with Crippen LogP contribution in [-0.4, -0.2) is 78.0 Å². The van der Waals surface area contributed by atoms with Gasteiger partial charge in [-0.05, 0) is 38.6 Å². The van der Waals surface area contributed by atoms with Gasteiger partial charge in [-0.2, -0.15) is 4.31 Å². The molecule has 2 aliphatic rings. The van der Waals surface area contributed by atoms with Crippen molar-refractivity contribution in [3.05, 3.63) is 51.5 Å². The highest BCUT2D eigenvalue weighted by atomic mass is 32.2. The highest BCUT2D eigenvalue weighted by molar-refractivity contribution is 7.89. The maximum absolute atomic E-state index is 14.0. The van der Waals surface area contributed by atoms with Gasteiger partial charge in [0.25, 0.3) is 11.5 Å². The lowest BCUT2D eigenvalue weighted by Crippen LogP contribution is -2.47. The average Bonchev–Trinajstić information content (AvgIpc) is 2.80. The standard InChI is InChI=1S/C22H28FN5O6S/c1-22(2)21-25-17(18(29)20(31)28(21)10-11-34-22)19(30)24-13-14-4-5-15(23)12-16(14)35(32,33)27-8-6-26(3)7-9-27/h4-5,12,29H,6-11,13H2,1-3H3,(H,24,30). The van der Waals surface area contributed by atoms with Gasteiger partial charge in [0.2, 0.25) is 15.8 Å². The topological polar surface area (TPSA) is 134 Å². The Morgan fingerprint density at radius 1 is 1.23 bits per heavy atom. The van der Waals surface area contributed by atoms with Gasteiger partial charge < -0.3 is 20.1 Å². The molecule has 190 valence electrons. The van der Waals surface area contributed by atoms with Crippen molar-refractivity contribution in [1.82, 2.24) is 24.1 Å². The van der Waals surface area contributed by atoms with Gasteiger partial charge in [0, 0.05) is 32.7 Å². The predicted molar refractivity (Wildman–Crippen MR) is 123 cm³/mol. The second-order valence-electron chi connectivity index (χ2n) is 9.09. The number of nitrogens with one attached hydrogen (secondary N) is 1. The highest BCUT2D eigenvalue weighted by Gasteiger charge is 2.35. The molecule has 1 amide bonds. The fourth-order valence-electron chi connectivity index (χ4n) is 4.17. The molecule has 2 aromatic rings. The van der Waals surface area contributed by atoms with E-state index >= 15 is 0 Å². The molecule has 1 fully saturated rings. The third-order valence-corrected chi connectivity index (χ3v) is 8.21. The number of aromatic hydroxyl groups is 1. The number of aromatic nitrogens is 2. The third-order valence-electron chi connectivity index (χ3n) is 6.23. The van der Waals surface area contributed by atoms with Crippen LogP contribution < -0.4 is 10.9 Å². The molecule has 0 unspecified atom stereocenters. The lowest BCUT2D eigenvalue weighted by Gasteiger charge is -2.32. The minimum Gasteiger partial charge on any atom is -0.501 e. The number of sulfonamides is 1. The molecule has 35 heavy (non-hydrogen) atoms. The number of amides is 1. The zero-order chi connectivity index (χ0) is 25.5. The minimum absolute atomic E-state index is 0.163. The van der Waals surface area contributed by atoms with E-state index in [1.807, 2.05) is 11.9 Å². The van der Waals surface area contributed by atoms with Crippen molar-refractivity contribution < 1.29 is 27.4 Å². The molecule has 0 bridgehead atoms. The first-order valence-electron chi connectivity index (χ1n) is 11.2. The van der Waals surface area contributed by atoms with Crippen LogP contribution in [0.15, 0.2) is 27.9 Å². The van der Waals surface area contributed by atoms with Crippen molar-refractivity contribution in [3.63, 3.8) is 0 Å². The lowest BCUT2D eigenvalue weighted by molar-refractivity contribution is -0.0566. The van der Waals surface area contributed by atoms with Crippen LogP contribution in [0.25, 0.3) is 0 Å². The third kappa shape index (κ3) is 4.81. The van der Waals surface area contributed by atoms with Crippen molar-refractivity contribution in [2.45, 2.75) is 37.4 Å². The van der Waals surface area contributed by atoms with E-state index in [0.29, 0.717) is 13.1 Å². The Morgan fingerprint density at radius 3 is 2.60 bits per heavy atom. The summed E-state index contributed by atoms with van der Waals surface area (Å²) in [6.45, 7) is 5.13. The van der Waals surface area contributed by atoms with Crippen molar-refractivity contribution in [3.8, 4) is 5.75 Å². The van der Waals surface area contributed by atoms with Crippen molar-refractivity contribution in [2.24, 2.45) is 0 Å². The molecule has 0 aliphatic carbocycles. The first kappa shape index (κ1) is 25.2. The van der Waals surface area contributed by atoms with Gasteiger partial charge in [0.15, 0.2) is 5.69 Å². The molecule has 0 radical (unpaired) electrons. The quantitative estimate of drug-likeness (QED) is 0.585. The second kappa shape index (κ2) is 9.30. The highest BCUT2D eigenvalue weighted by Crippen LogP contribution is 2.27. The van der Waals surface area contributed by atoms with Crippen LogP contribution >= 0.6 is 0 Å². The van der Waals surface area contributed by atoms with Crippen LogP contribution in [-0.2, 0) is 33.5 Å². The number of rotatable bonds is 5. The summed E-state index contributed by atoms with van der Waals surface area (Å²) in [5, 5.41) is 12.8. The second-order valence-corrected chi connectivity index (χ2v) is 11.0. The molecule has 1 aromatic heterocycles. The molecule has 0 spiro atoms. The first-order valence-corrected chi connectivity index (χ1v) is 12.6. The Morgan fingerprint density at radius 2 is 1.91 bits per heavy atom. The average molecular weight is 510 g/mol. The molecule has 0 atom stereocenters. The van der Waals surface area contributed by atoms with E-state index in [1.165, 1.54) is 14.9 Å². The molecule has 11 nitrogen and oxygen atoms in total. The molecular weight excluding hydrogens is 481 g/mol. The molecule has 13 heteroatoms. The van der Waals surface area contributed by atoms with E-state index in [2.05, 4.69) is 10.3 Å². The van der Waals surface area contributed by atoms with E-state index in [-0.39, 0.29) is 49.1 Å². The zero-order valence-corrected chi connectivity index (χ0v) is 20.6. The van der Waals surface area contributed by atoms with E-state index in [1.54, 1.807) is 13.8 Å². The van der Waals surface area contributed by atoms with Crippen LogP contribution in [0, 0.1) is 5.82 Å². The summed E-state index contributed by atoms with van der Waals surface area (Å²) < 4.78 is 48.7. The zero-order valence-electron chi connectivity index (χ0n) is 19.7. The molecule has 4 rings (SSSR count). The van der Waals surface area contributed by atoms with Crippen LogP contribution in [0.1, 0.15) is 35.7 Å². The normalized spacial score (nSPS) is 18.7. The van der Waals surface area contributed by atoms with E-state index in [9.17, 15) is 27.5 Å². The Hall–Kier alpha value is -2.87. The summed E-state index contributed by atoms with van der Waals surface area (Å²) in [4.78, 5) is 31.5. The smallest absolute Gasteiger partial charge is 0.296 e. The van der Waals surface area contributed by atoms with Gasteiger partial charge >= 0.3 is 0 Å². The predicted octanol–water partition coefficient (Wildman–Crippen LogP) is 0.219. The van der Waals surface area contributed by atoms with Gasteiger partial charge in [-0.3, -0.25) is 14.2 Å². The Labute approximate surface area is 202 Å². The number of ether oxygens (including phenoxy) is 1. The number of nitrogens with zero attached hydrogens (tertiary/aromatic N) is 4. The Bertz CT molecular complexity index is 1320. The summed E-state index contributed by atoms with van der Waals surface area (Å²) in [7, 11) is -2.13. The number of likely N-dealkylation sites (N-methyl/N-ethyl adjacent to an activating group) is 1. The molecule has 1 saturated heterocycles. The summed E-state index contributed by atoms with van der Waals surface area (Å²) >= 11 is 0. The summed E-state index contributed by atoms with van der Waals surface area (Å²) in [5.41, 5.74) is -2.06. The Kier molecular flexibility index (Phi) is 6.70. The van der Waals surface area contributed by atoms with Gasteiger partial charge in [0.1, 0.15) is 17.2 Å². The van der Waals surface area contributed by atoms with Crippen molar-refractivity contribution >= 4 is 15.9 Å². The summed E-state index contributed by atoms with van der Waals surface area (Å²) in [6, 6.07) is 3.31. The van der Waals surface area contributed by atoms with Gasteiger partial charge in [-0.15, -0.1) is 0 Å². The number of fused-ring (bicyclic) bond motifs is 1. The summed E-state index contributed by atoms with van der Waals surface area (Å²) in [5.74, 6) is -2.22. The molecule has 1 aromatic carbocycles. The van der Waals surface area contributed by atoms with Crippen LogP contribution in [0.5, 0.6) is 5.75 Å². The van der Waals surface area contributed by atoms with E-state index < -0.39 is 44.4 Å². The number of halogens is 1. The molecular formula is C22H28FN5O6S. The number of carbonyl (C=O) groups is 1. The van der Waals surface area contributed by atoms with Crippen molar-refractivity contribution in [2.75, 3.05) is 39.8 Å². The van der Waals surface area contributed by atoms with E-state index in [0.717, 1.165) is 12.1 Å². The molecule has 2 N–H and O–H groups in total. The number of piperazine rings is 1. The minimum atomic E-state index is -4.01. The number of hydrogen-bond donors (Lipinski definition) is 2. The van der Waals surface area contributed by atoms with Crippen LogP contribution in [0.2, 0.25) is 0 Å². The first-order chi connectivity index (χ1) is 16.4. The number of carbonyl (C=O) groups excluding carboxylic acids is 1. The maximum atomic E-state index is 14.0.